The van der Waals surface area contributed by atoms with E-state index in [2.05, 4.69) is 18.6 Å². The van der Waals surface area contributed by atoms with Gasteiger partial charge in [-0.15, -0.1) is 6.58 Å². The largest absolute Gasteiger partial charge is 0.268 e. The molecule has 1 atom stereocenters. The summed E-state index contributed by atoms with van der Waals surface area (Å²) < 4.78 is 1.45. The van der Waals surface area contributed by atoms with E-state index in [-0.39, 0.29) is 11.6 Å². The van der Waals surface area contributed by atoms with Crippen LogP contribution < -0.4 is 5.56 Å². The quantitative estimate of drug-likeness (QED) is 0.290. The maximum Gasteiger partial charge on any atom is 0.267 e. The minimum Gasteiger partial charge on any atom is -0.268 e. The molecule has 0 aliphatic carbocycles. The molecule has 0 amide bonds. The second-order valence-corrected chi connectivity index (χ2v) is 6.95. The molecule has 0 aliphatic heterocycles. The molecule has 1 heterocycles. The molecule has 0 spiro atoms. The molecule has 0 saturated heterocycles. The lowest BCUT2D eigenvalue weighted by atomic mass is 10.0. The van der Waals surface area contributed by atoms with Gasteiger partial charge in [0.05, 0.1) is 6.04 Å². The van der Waals surface area contributed by atoms with Gasteiger partial charge in [-0.25, -0.2) is 4.68 Å². The number of aromatic nitrogens is 2. The van der Waals surface area contributed by atoms with E-state index in [0.717, 1.165) is 12.8 Å². The summed E-state index contributed by atoms with van der Waals surface area (Å²) in [5.74, 6) is 0. The van der Waals surface area contributed by atoms with E-state index in [1.165, 1.54) is 81.0 Å². The summed E-state index contributed by atoms with van der Waals surface area (Å²) in [4.78, 5) is 11.9. The molecule has 136 valence electrons. The van der Waals surface area contributed by atoms with Crippen LogP contribution >= 0.6 is 11.6 Å². The first-order valence-corrected chi connectivity index (χ1v) is 9.94. The fraction of sp³-hybridized carbons (Fsp3) is 0.700. The van der Waals surface area contributed by atoms with Crippen LogP contribution in [0.15, 0.2) is 29.6 Å². The van der Waals surface area contributed by atoms with E-state index < -0.39 is 0 Å². The van der Waals surface area contributed by atoms with Crippen LogP contribution in [0.2, 0.25) is 5.15 Å². The van der Waals surface area contributed by atoms with Crippen LogP contribution in [0.4, 0.5) is 0 Å². The summed E-state index contributed by atoms with van der Waals surface area (Å²) >= 11 is 5.88. The van der Waals surface area contributed by atoms with Crippen molar-refractivity contribution >= 4 is 11.6 Å². The van der Waals surface area contributed by atoms with Crippen molar-refractivity contribution in [1.29, 1.82) is 0 Å². The van der Waals surface area contributed by atoms with E-state index in [0.29, 0.717) is 5.15 Å². The van der Waals surface area contributed by atoms with Gasteiger partial charge < -0.3 is 0 Å². The minimum atomic E-state index is -0.118. The van der Waals surface area contributed by atoms with Gasteiger partial charge in [0.2, 0.25) is 0 Å². The summed E-state index contributed by atoms with van der Waals surface area (Å²) in [6.07, 6.45) is 17.2. The van der Waals surface area contributed by atoms with Crippen LogP contribution in [-0.2, 0) is 0 Å². The van der Waals surface area contributed by atoms with Gasteiger partial charge in [0, 0.05) is 6.07 Å². The molecule has 0 radical (unpaired) electrons. The normalized spacial score (nSPS) is 12.2. The predicted octanol–water partition coefficient (Wildman–Crippen LogP) is 6.32. The van der Waals surface area contributed by atoms with Gasteiger partial charge in [0.15, 0.2) is 0 Å². The Morgan fingerprint density at radius 1 is 1.04 bits per heavy atom. The number of hydrogen-bond acceptors (Lipinski definition) is 2. The Morgan fingerprint density at radius 2 is 1.58 bits per heavy atom. The average molecular weight is 353 g/mol. The molecule has 3 nitrogen and oxygen atoms in total. The summed E-state index contributed by atoms with van der Waals surface area (Å²) in [5.41, 5.74) is -0.118. The first-order chi connectivity index (χ1) is 11.7. The second kappa shape index (κ2) is 13.2. The van der Waals surface area contributed by atoms with E-state index in [9.17, 15) is 4.79 Å². The maximum atomic E-state index is 11.9. The van der Waals surface area contributed by atoms with E-state index in [1.807, 2.05) is 0 Å². The van der Waals surface area contributed by atoms with E-state index in [1.54, 1.807) is 6.08 Å². The monoisotopic (exact) mass is 352 g/mol. The number of unbranched alkanes of at least 4 members (excludes halogenated alkanes) is 10. The Morgan fingerprint density at radius 3 is 2.12 bits per heavy atom. The fourth-order valence-corrected chi connectivity index (χ4v) is 3.14. The Kier molecular flexibility index (Phi) is 11.5. The van der Waals surface area contributed by atoms with Crippen LogP contribution in [0.25, 0.3) is 0 Å². The zero-order valence-electron chi connectivity index (χ0n) is 15.2. The molecule has 0 N–H and O–H groups in total. The lowest BCUT2D eigenvalue weighted by molar-refractivity contribution is 0.450. The van der Waals surface area contributed by atoms with Gasteiger partial charge in [0.25, 0.3) is 5.56 Å². The molecule has 4 heteroatoms. The molecule has 1 aromatic rings. The number of rotatable bonds is 14. The van der Waals surface area contributed by atoms with Crippen LogP contribution in [0.3, 0.4) is 0 Å². The molecular formula is C20H33ClN2O. The Bertz CT molecular complexity index is 513. The van der Waals surface area contributed by atoms with Gasteiger partial charge in [-0.3, -0.25) is 4.79 Å². The highest BCUT2D eigenvalue weighted by Gasteiger charge is 2.10. The highest BCUT2D eigenvalue weighted by molar-refractivity contribution is 6.29. The topological polar surface area (TPSA) is 34.9 Å². The third-order valence-electron chi connectivity index (χ3n) is 4.48. The predicted molar refractivity (Wildman–Crippen MR) is 104 cm³/mol. The zero-order valence-corrected chi connectivity index (χ0v) is 15.9. The number of allylic oxidation sites excluding steroid dienone is 1. The van der Waals surface area contributed by atoms with Gasteiger partial charge in [-0.1, -0.05) is 95.2 Å². The number of nitrogens with zero attached hydrogens (tertiary/aromatic N) is 2. The zero-order chi connectivity index (χ0) is 17.6. The summed E-state index contributed by atoms with van der Waals surface area (Å²) in [5, 5.41) is 4.46. The third-order valence-corrected chi connectivity index (χ3v) is 4.68. The molecular weight excluding hydrogens is 320 g/mol. The van der Waals surface area contributed by atoms with Crippen LogP contribution in [0.1, 0.15) is 90.0 Å². The van der Waals surface area contributed by atoms with Crippen LogP contribution in [0.5, 0.6) is 0 Å². The van der Waals surface area contributed by atoms with Crippen molar-refractivity contribution in [3.63, 3.8) is 0 Å². The SMILES string of the molecule is C=CC(CCCCCCCCCCCCC)n1nc(Cl)ccc1=O. The molecule has 0 aromatic carbocycles. The molecule has 0 bridgehead atoms. The van der Waals surface area contributed by atoms with Crippen LogP contribution in [0, 0.1) is 0 Å². The van der Waals surface area contributed by atoms with Gasteiger partial charge in [-0.2, -0.15) is 5.10 Å². The lowest BCUT2D eigenvalue weighted by Crippen LogP contribution is -2.25. The van der Waals surface area contributed by atoms with Gasteiger partial charge >= 0.3 is 0 Å². The van der Waals surface area contributed by atoms with Gasteiger partial charge in [0.1, 0.15) is 5.15 Å². The van der Waals surface area contributed by atoms with Gasteiger partial charge in [-0.05, 0) is 12.5 Å². The van der Waals surface area contributed by atoms with Crippen LogP contribution in [-0.4, -0.2) is 9.78 Å². The first-order valence-electron chi connectivity index (χ1n) is 9.57. The standard InChI is InChI=1S/C20H33ClN2O/c1-3-5-6-7-8-9-10-11-12-13-14-15-18(4-2)23-20(24)17-16-19(21)22-23/h4,16-18H,2-3,5-15H2,1H3. The summed E-state index contributed by atoms with van der Waals surface area (Å²) in [6, 6.07) is 2.93. The average Bonchev–Trinajstić information content (AvgIpc) is 2.58. The summed E-state index contributed by atoms with van der Waals surface area (Å²) in [7, 11) is 0. The molecule has 24 heavy (non-hydrogen) atoms. The molecule has 1 unspecified atom stereocenters. The molecule has 1 rings (SSSR count). The number of halogens is 1. The molecule has 0 fully saturated rings. The van der Waals surface area contributed by atoms with Crippen molar-refractivity contribution in [2.24, 2.45) is 0 Å². The Hall–Kier alpha value is -1.09. The smallest absolute Gasteiger partial charge is 0.267 e. The minimum absolute atomic E-state index is 0.0604. The Balaban J connectivity index is 2.12. The lowest BCUT2D eigenvalue weighted by Gasteiger charge is -2.14. The van der Waals surface area contributed by atoms with Crippen molar-refractivity contribution in [2.45, 2.75) is 90.0 Å². The number of hydrogen-bond donors (Lipinski definition) is 0. The highest BCUT2D eigenvalue weighted by Crippen LogP contribution is 2.17. The van der Waals surface area contributed by atoms with Crippen molar-refractivity contribution in [1.82, 2.24) is 9.78 Å². The molecule has 1 aromatic heterocycles. The van der Waals surface area contributed by atoms with Crippen molar-refractivity contribution < 1.29 is 0 Å². The van der Waals surface area contributed by atoms with Crippen molar-refractivity contribution in [3.05, 3.63) is 40.3 Å². The summed E-state index contributed by atoms with van der Waals surface area (Å²) in [6.45, 7) is 6.10. The third kappa shape index (κ3) is 8.68. The second-order valence-electron chi connectivity index (χ2n) is 6.57. The van der Waals surface area contributed by atoms with E-state index in [4.69, 9.17) is 11.6 Å². The fourth-order valence-electron chi connectivity index (χ4n) is 3.00. The molecule has 0 saturated carbocycles. The van der Waals surface area contributed by atoms with E-state index >= 15 is 0 Å². The first kappa shape index (κ1) is 21.0. The maximum absolute atomic E-state index is 11.9. The Labute approximate surface area is 152 Å². The van der Waals surface area contributed by atoms with Crippen molar-refractivity contribution in [3.8, 4) is 0 Å². The highest BCUT2D eigenvalue weighted by atomic mass is 35.5. The van der Waals surface area contributed by atoms with Crippen molar-refractivity contribution in [2.75, 3.05) is 0 Å². The molecule has 0 aliphatic rings.